The number of hydrogen-bond donors (Lipinski definition) is 2. The van der Waals surface area contributed by atoms with Gasteiger partial charge in [0.05, 0.1) is 35.9 Å². The van der Waals surface area contributed by atoms with E-state index in [1.807, 2.05) is 19.2 Å². The monoisotopic (exact) mass is 617 g/mol. The molecule has 44 heavy (non-hydrogen) atoms. The van der Waals surface area contributed by atoms with E-state index in [4.69, 9.17) is 4.74 Å². The summed E-state index contributed by atoms with van der Waals surface area (Å²) in [5.74, 6) is 0.447. The summed E-state index contributed by atoms with van der Waals surface area (Å²) in [4.78, 5) is 22.6. The second-order valence-corrected chi connectivity index (χ2v) is 13.0. The Morgan fingerprint density at radius 1 is 1.00 bits per heavy atom. The molecule has 0 atom stereocenters. The zero-order valence-corrected chi connectivity index (χ0v) is 26.8. The number of halogens is 1. The van der Waals surface area contributed by atoms with E-state index in [2.05, 4.69) is 77.8 Å². The molecule has 4 aromatic rings. The van der Waals surface area contributed by atoms with Crippen LogP contribution in [0.1, 0.15) is 38.2 Å². The molecule has 0 unspecified atom stereocenters. The van der Waals surface area contributed by atoms with E-state index < -0.39 is 5.82 Å². The number of methoxy groups -OCH3 is 1. The van der Waals surface area contributed by atoms with Crippen LogP contribution in [0, 0.1) is 5.82 Å². The number of benzene rings is 2. The van der Waals surface area contributed by atoms with Crippen molar-refractivity contribution in [1.82, 2.24) is 24.8 Å². The van der Waals surface area contributed by atoms with E-state index in [-0.39, 0.29) is 11.8 Å². The first-order valence-electron chi connectivity index (χ1n) is 15.2. The molecule has 2 aromatic carbocycles. The fourth-order valence-electron chi connectivity index (χ4n) is 5.74. The fourth-order valence-corrected chi connectivity index (χ4v) is 6.82. The molecule has 0 amide bonds. The van der Waals surface area contributed by atoms with Crippen molar-refractivity contribution in [2.45, 2.75) is 50.3 Å². The lowest BCUT2D eigenvalue weighted by molar-refractivity contribution is 0.249. The highest BCUT2D eigenvalue weighted by atomic mass is 32.2. The topological polar surface area (TPSA) is 94.6 Å². The molecule has 6 rings (SSSR count). The van der Waals surface area contributed by atoms with Gasteiger partial charge in [0.25, 0.3) is 0 Å². The minimum Gasteiger partial charge on any atom is -0.494 e. The van der Waals surface area contributed by atoms with Crippen molar-refractivity contribution >= 4 is 57.5 Å². The summed E-state index contributed by atoms with van der Waals surface area (Å²) in [6.45, 7) is 4.15. The van der Waals surface area contributed by atoms with E-state index in [1.165, 1.54) is 30.3 Å². The van der Waals surface area contributed by atoms with E-state index >= 15 is 4.39 Å². The molecule has 2 aromatic heterocycles. The minimum absolute atomic E-state index is 0.0619. The quantitative estimate of drug-likeness (QED) is 0.183. The minimum atomic E-state index is -0.559. The Balaban J connectivity index is 1.27. The lowest BCUT2D eigenvalue weighted by Gasteiger charge is -2.37. The van der Waals surface area contributed by atoms with E-state index in [9.17, 15) is 0 Å². The number of aryl methyl sites for hydroxylation is 1. The largest absolute Gasteiger partial charge is 0.494 e. The Morgan fingerprint density at radius 3 is 2.48 bits per heavy atom. The molecule has 1 saturated heterocycles. The Hall–Kier alpha value is -3.90. The van der Waals surface area contributed by atoms with Crippen molar-refractivity contribution in [3.05, 3.63) is 54.2 Å². The molecule has 0 spiro atoms. The highest BCUT2D eigenvalue weighted by Gasteiger charge is 2.27. The van der Waals surface area contributed by atoms with Crippen LogP contribution in [0.15, 0.2) is 42.9 Å². The molecule has 2 aliphatic rings. The predicted octanol–water partition coefficient (Wildman–Crippen LogP) is 6.39. The summed E-state index contributed by atoms with van der Waals surface area (Å²) in [7, 11) is 7.98. The molecule has 2 N–H and O–H groups in total. The number of fused-ring (bicyclic) bond motifs is 1. The SMILES string of the molecule is CCc1cc(Nc2ncc(F)c(Nc3ccc4nccnc4c3N(C)SC3CC3)n2)c(OC)cc1N1CCC(N(C)C)CC1. The van der Waals surface area contributed by atoms with Crippen molar-refractivity contribution in [3.63, 3.8) is 0 Å². The summed E-state index contributed by atoms with van der Waals surface area (Å²) < 4.78 is 23.1. The van der Waals surface area contributed by atoms with Gasteiger partial charge in [-0.25, -0.2) is 9.37 Å². The standard InChI is InChI=1S/C32H40FN9OS/c1-6-20-17-26(28(43-5)18-27(20)42-15-11-21(12-16-42)40(2)3)38-32-36-19-23(33)31(39-32)37-25-10-9-24-29(35-14-13-34-24)30(25)41(4)44-22-7-8-22/h9-10,13-14,17-19,21-22H,6-8,11-12,15-16H2,1-5H3,(H2,36,37,38,39). The lowest BCUT2D eigenvalue weighted by atomic mass is 10.0. The Bertz CT molecular complexity index is 1630. The summed E-state index contributed by atoms with van der Waals surface area (Å²) in [5, 5.41) is 7.08. The highest BCUT2D eigenvalue weighted by molar-refractivity contribution is 8.01. The average Bonchev–Trinajstić information content (AvgIpc) is 3.86. The molecular weight excluding hydrogens is 577 g/mol. The molecule has 232 valence electrons. The Morgan fingerprint density at radius 2 is 1.77 bits per heavy atom. The fraction of sp³-hybridized carbons (Fsp3) is 0.438. The van der Waals surface area contributed by atoms with Crippen LogP contribution in [0.25, 0.3) is 11.0 Å². The van der Waals surface area contributed by atoms with Gasteiger partial charge in [-0.05, 0) is 81.9 Å². The van der Waals surface area contributed by atoms with Crippen molar-refractivity contribution in [3.8, 4) is 5.75 Å². The maximum Gasteiger partial charge on any atom is 0.229 e. The van der Waals surface area contributed by atoms with Crippen LogP contribution in [0.3, 0.4) is 0 Å². The van der Waals surface area contributed by atoms with Crippen LogP contribution in [-0.4, -0.2) is 77.5 Å². The smallest absolute Gasteiger partial charge is 0.229 e. The molecule has 1 saturated carbocycles. The van der Waals surface area contributed by atoms with Gasteiger partial charge in [-0.15, -0.1) is 0 Å². The van der Waals surface area contributed by atoms with Crippen LogP contribution in [0.2, 0.25) is 0 Å². The summed E-state index contributed by atoms with van der Waals surface area (Å²) in [6, 6.07) is 8.56. The van der Waals surface area contributed by atoms with Crippen molar-refractivity contribution in [1.29, 1.82) is 0 Å². The zero-order valence-electron chi connectivity index (χ0n) is 26.0. The van der Waals surface area contributed by atoms with Gasteiger partial charge in [-0.2, -0.15) is 4.98 Å². The third-order valence-corrected chi connectivity index (χ3v) is 9.59. The highest BCUT2D eigenvalue weighted by Crippen LogP contribution is 2.43. The van der Waals surface area contributed by atoms with Crippen LogP contribution in [0.5, 0.6) is 5.75 Å². The third kappa shape index (κ3) is 6.46. The van der Waals surface area contributed by atoms with Gasteiger partial charge in [-0.1, -0.05) is 6.92 Å². The summed E-state index contributed by atoms with van der Waals surface area (Å²) in [6.07, 6.45) is 10.00. The third-order valence-electron chi connectivity index (χ3n) is 8.32. The van der Waals surface area contributed by atoms with Crippen molar-refractivity contribution in [2.24, 2.45) is 0 Å². The number of aromatic nitrogens is 4. The van der Waals surface area contributed by atoms with E-state index in [1.54, 1.807) is 31.5 Å². The molecule has 3 heterocycles. The van der Waals surface area contributed by atoms with Crippen LogP contribution >= 0.6 is 11.9 Å². The number of piperidine rings is 1. The van der Waals surface area contributed by atoms with Gasteiger partial charge in [0, 0.05) is 55.6 Å². The average molecular weight is 618 g/mol. The first-order valence-corrected chi connectivity index (χ1v) is 16.0. The molecule has 0 bridgehead atoms. The van der Waals surface area contributed by atoms with Gasteiger partial charge in [0.1, 0.15) is 11.3 Å². The van der Waals surface area contributed by atoms with Gasteiger partial charge < -0.3 is 29.5 Å². The molecule has 1 aliphatic heterocycles. The summed E-state index contributed by atoms with van der Waals surface area (Å²) >= 11 is 1.75. The van der Waals surface area contributed by atoms with Crippen LogP contribution in [0.4, 0.5) is 38.9 Å². The van der Waals surface area contributed by atoms with Gasteiger partial charge in [-0.3, -0.25) is 9.97 Å². The molecule has 2 fully saturated rings. The molecule has 1 aliphatic carbocycles. The van der Waals surface area contributed by atoms with E-state index in [0.717, 1.165) is 54.8 Å². The first kappa shape index (κ1) is 30.1. The number of nitrogens with one attached hydrogen (secondary N) is 2. The normalized spacial score (nSPS) is 15.6. The van der Waals surface area contributed by atoms with Gasteiger partial charge in [0.15, 0.2) is 11.6 Å². The van der Waals surface area contributed by atoms with Crippen molar-refractivity contribution in [2.75, 3.05) is 61.2 Å². The van der Waals surface area contributed by atoms with Crippen molar-refractivity contribution < 1.29 is 9.13 Å². The Labute approximate surface area is 262 Å². The zero-order chi connectivity index (χ0) is 30.8. The number of rotatable bonds is 11. The molecule has 0 radical (unpaired) electrons. The molecular formula is C32H40FN9OS. The molecule has 12 heteroatoms. The van der Waals surface area contributed by atoms with Crippen LogP contribution in [-0.2, 0) is 6.42 Å². The second-order valence-electron chi connectivity index (χ2n) is 11.5. The number of hydrogen-bond acceptors (Lipinski definition) is 11. The lowest BCUT2D eigenvalue weighted by Crippen LogP contribution is -2.42. The van der Waals surface area contributed by atoms with Gasteiger partial charge >= 0.3 is 0 Å². The number of ether oxygens (including phenoxy) is 1. The maximum absolute atomic E-state index is 15.2. The summed E-state index contributed by atoms with van der Waals surface area (Å²) in [5.41, 5.74) is 6.15. The Kier molecular flexibility index (Phi) is 8.90. The van der Waals surface area contributed by atoms with Gasteiger partial charge in [0.2, 0.25) is 5.95 Å². The maximum atomic E-state index is 15.2. The van der Waals surface area contributed by atoms with Crippen LogP contribution < -0.4 is 24.6 Å². The molecule has 10 nitrogen and oxygen atoms in total. The number of nitrogens with zero attached hydrogens (tertiary/aromatic N) is 7. The first-order chi connectivity index (χ1) is 21.3. The number of anilines is 6. The van der Waals surface area contributed by atoms with E-state index in [0.29, 0.717) is 22.7 Å². The predicted molar refractivity (Wildman–Crippen MR) is 178 cm³/mol. The second kappa shape index (κ2) is 13.0.